The van der Waals surface area contributed by atoms with Crippen LogP contribution in [-0.2, 0) is 13.1 Å². The van der Waals surface area contributed by atoms with E-state index < -0.39 is 0 Å². The summed E-state index contributed by atoms with van der Waals surface area (Å²) in [5.41, 5.74) is 6.38. The Morgan fingerprint density at radius 2 is 1.92 bits per heavy atom. The first kappa shape index (κ1) is 9.09. The van der Waals surface area contributed by atoms with Crippen molar-refractivity contribution in [1.29, 1.82) is 0 Å². The molecule has 0 aliphatic rings. The molecule has 0 fully saturated rings. The molecule has 4 heteroatoms. The Labute approximate surface area is 72.4 Å². The van der Waals surface area contributed by atoms with Gasteiger partial charge in [-0.2, -0.15) is 0 Å². The zero-order valence-electron chi connectivity index (χ0n) is 7.49. The van der Waals surface area contributed by atoms with E-state index in [-0.39, 0.29) is 0 Å². The molecule has 66 valence electrons. The Morgan fingerprint density at radius 3 is 2.33 bits per heavy atom. The van der Waals surface area contributed by atoms with Gasteiger partial charge in [-0.05, 0) is 14.1 Å². The largest absolute Gasteiger partial charge is 0.326 e. The highest BCUT2D eigenvalue weighted by molar-refractivity contribution is 5.04. The molecule has 0 saturated heterocycles. The summed E-state index contributed by atoms with van der Waals surface area (Å²) in [5, 5.41) is 0. The second-order valence-corrected chi connectivity index (χ2v) is 2.95. The summed E-state index contributed by atoms with van der Waals surface area (Å²) < 4.78 is 0. The van der Waals surface area contributed by atoms with Crippen molar-refractivity contribution in [3.63, 3.8) is 0 Å². The molecule has 0 saturated carbocycles. The van der Waals surface area contributed by atoms with Gasteiger partial charge < -0.3 is 10.6 Å². The normalized spacial score (nSPS) is 10.7. The van der Waals surface area contributed by atoms with Crippen LogP contribution in [0, 0.1) is 0 Å². The lowest BCUT2D eigenvalue weighted by molar-refractivity contribution is 0.390. The van der Waals surface area contributed by atoms with Crippen LogP contribution < -0.4 is 5.73 Å². The minimum Gasteiger partial charge on any atom is -0.326 e. The second kappa shape index (κ2) is 4.13. The number of aromatic nitrogens is 2. The number of rotatable bonds is 3. The van der Waals surface area contributed by atoms with Gasteiger partial charge in [-0.15, -0.1) is 0 Å². The highest BCUT2D eigenvalue weighted by atomic mass is 15.1. The molecule has 12 heavy (non-hydrogen) atoms. The molecule has 0 amide bonds. The van der Waals surface area contributed by atoms with Crippen LogP contribution in [0.4, 0.5) is 0 Å². The number of nitrogens with two attached hydrogens (primary N) is 1. The van der Waals surface area contributed by atoms with Crippen molar-refractivity contribution in [2.45, 2.75) is 13.1 Å². The topological polar surface area (TPSA) is 55.0 Å². The monoisotopic (exact) mass is 166 g/mol. The molecule has 0 spiro atoms. The molecule has 0 aliphatic heterocycles. The van der Waals surface area contributed by atoms with Crippen LogP contribution in [0.25, 0.3) is 0 Å². The van der Waals surface area contributed by atoms with Crippen molar-refractivity contribution < 1.29 is 0 Å². The van der Waals surface area contributed by atoms with E-state index in [0.29, 0.717) is 6.54 Å². The molecule has 4 nitrogen and oxygen atoms in total. The Kier molecular flexibility index (Phi) is 3.13. The summed E-state index contributed by atoms with van der Waals surface area (Å²) in [6.45, 7) is 1.27. The SMILES string of the molecule is CN(C)Cc1ncc(CN)cn1. The molecular formula is C8H14N4. The fraction of sp³-hybridized carbons (Fsp3) is 0.500. The third kappa shape index (κ3) is 2.56. The number of nitrogens with zero attached hydrogens (tertiary/aromatic N) is 3. The molecule has 1 aromatic heterocycles. The van der Waals surface area contributed by atoms with Crippen molar-refractivity contribution in [2.24, 2.45) is 5.73 Å². The number of hydrogen-bond acceptors (Lipinski definition) is 4. The summed E-state index contributed by atoms with van der Waals surface area (Å²) in [4.78, 5) is 10.3. The average molecular weight is 166 g/mol. The van der Waals surface area contributed by atoms with Crippen LogP contribution in [0.2, 0.25) is 0 Å². The molecule has 0 bridgehead atoms. The van der Waals surface area contributed by atoms with Crippen LogP contribution in [0.15, 0.2) is 12.4 Å². The summed E-state index contributed by atoms with van der Waals surface area (Å²) >= 11 is 0. The fourth-order valence-electron chi connectivity index (χ4n) is 0.851. The van der Waals surface area contributed by atoms with Crippen LogP contribution in [0.3, 0.4) is 0 Å². The van der Waals surface area contributed by atoms with Gasteiger partial charge in [-0.25, -0.2) is 9.97 Å². The predicted molar refractivity (Wildman–Crippen MR) is 47.3 cm³/mol. The smallest absolute Gasteiger partial charge is 0.142 e. The average Bonchev–Trinajstić information content (AvgIpc) is 2.05. The predicted octanol–water partition coefficient (Wildman–Crippen LogP) is -0.00310. The van der Waals surface area contributed by atoms with E-state index in [1.54, 1.807) is 12.4 Å². The molecule has 1 aromatic rings. The maximum absolute atomic E-state index is 5.41. The number of hydrogen-bond donors (Lipinski definition) is 1. The maximum Gasteiger partial charge on any atom is 0.142 e. The van der Waals surface area contributed by atoms with E-state index in [1.807, 2.05) is 19.0 Å². The van der Waals surface area contributed by atoms with Crippen molar-refractivity contribution in [3.05, 3.63) is 23.8 Å². The van der Waals surface area contributed by atoms with Gasteiger partial charge in [-0.1, -0.05) is 0 Å². The zero-order valence-corrected chi connectivity index (χ0v) is 7.49. The van der Waals surface area contributed by atoms with E-state index in [1.165, 1.54) is 0 Å². The zero-order chi connectivity index (χ0) is 8.97. The van der Waals surface area contributed by atoms with Gasteiger partial charge >= 0.3 is 0 Å². The lowest BCUT2D eigenvalue weighted by atomic mass is 10.3. The molecule has 0 radical (unpaired) electrons. The molecule has 0 atom stereocenters. The summed E-state index contributed by atoms with van der Waals surface area (Å²) in [7, 11) is 3.97. The van der Waals surface area contributed by atoms with E-state index in [0.717, 1.165) is 17.9 Å². The first-order valence-electron chi connectivity index (χ1n) is 3.87. The van der Waals surface area contributed by atoms with Gasteiger partial charge in [0.05, 0.1) is 6.54 Å². The third-order valence-corrected chi connectivity index (χ3v) is 1.45. The lowest BCUT2D eigenvalue weighted by Gasteiger charge is -2.07. The highest BCUT2D eigenvalue weighted by Gasteiger charge is 1.97. The van der Waals surface area contributed by atoms with E-state index >= 15 is 0 Å². The Bertz CT molecular complexity index is 229. The van der Waals surface area contributed by atoms with Crippen molar-refractivity contribution >= 4 is 0 Å². The third-order valence-electron chi connectivity index (χ3n) is 1.45. The van der Waals surface area contributed by atoms with Crippen LogP contribution in [0.1, 0.15) is 11.4 Å². The summed E-state index contributed by atoms with van der Waals surface area (Å²) in [6, 6.07) is 0. The van der Waals surface area contributed by atoms with Gasteiger partial charge in [0.25, 0.3) is 0 Å². The fourth-order valence-corrected chi connectivity index (χ4v) is 0.851. The van der Waals surface area contributed by atoms with Crippen molar-refractivity contribution in [2.75, 3.05) is 14.1 Å². The van der Waals surface area contributed by atoms with Crippen molar-refractivity contribution in [3.8, 4) is 0 Å². The highest BCUT2D eigenvalue weighted by Crippen LogP contribution is 1.96. The van der Waals surface area contributed by atoms with Crippen LogP contribution >= 0.6 is 0 Å². The molecule has 0 aliphatic carbocycles. The van der Waals surface area contributed by atoms with Crippen LogP contribution in [-0.4, -0.2) is 29.0 Å². The second-order valence-electron chi connectivity index (χ2n) is 2.95. The molecule has 0 unspecified atom stereocenters. The molecule has 1 heterocycles. The van der Waals surface area contributed by atoms with Crippen LogP contribution in [0.5, 0.6) is 0 Å². The Balaban J connectivity index is 2.65. The molecular weight excluding hydrogens is 152 g/mol. The maximum atomic E-state index is 5.41. The lowest BCUT2D eigenvalue weighted by Crippen LogP contribution is -2.13. The van der Waals surface area contributed by atoms with Gasteiger partial charge in [0.15, 0.2) is 0 Å². The minimum absolute atomic E-state index is 0.502. The van der Waals surface area contributed by atoms with E-state index in [9.17, 15) is 0 Å². The summed E-state index contributed by atoms with van der Waals surface area (Å²) in [6.07, 6.45) is 3.54. The molecule has 0 aromatic carbocycles. The summed E-state index contributed by atoms with van der Waals surface area (Å²) in [5.74, 6) is 0.831. The van der Waals surface area contributed by atoms with Crippen molar-refractivity contribution in [1.82, 2.24) is 14.9 Å². The first-order valence-corrected chi connectivity index (χ1v) is 3.87. The van der Waals surface area contributed by atoms with E-state index in [4.69, 9.17) is 5.73 Å². The molecule has 1 rings (SSSR count). The minimum atomic E-state index is 0.502. The Hall–Kier alpha value is -1.00. The molecule has 2 N–H and O–H groups in total. The standard InChI is InChI=1S/C8H14N4/c1-12(2)6-8-10-4-7(3-9)5-11-8/h4-5H,3,6,9H2,1-2H3. The Morgan fingerprint density at radius 1 is 1.33 bits per heavy atom. The van der Waals surface area contributed by atoms with Gasteiger partial charge in [-0.3, -0.25) is 0 Å². The van der Waals surface area contributed by atoms with Gasteiger partial charge in [0.2, 0.25) is 0 Å². The first-order chi connectivity index (χ1) is 5.72. The quantitative estimate of drug-likeness (QED) is 0.686. The van der Waals surface area contributed by atoms with Gasteiger partial charge in [0, 0.05) is 24.5 Å². The van der Waals surface area contributed by atoms with Gasteiger partial charge in [0.1, 0.15) is 5.82 Å². The van der Waals surface area contributed by atoms with E-state index in [2.05, 4.69) is 9.97 Å².